The van der Waals surface area contributed by atoms with Crippen molar-refractivity contribution in [3.63, 3.8) is 0 Å². The Morgan fingerprint density at radius 1 is 0.800 bits per heavy atom. The molecule has 35 heavy (non-hydrogen) atoms. The number of benzene rings is 4. The number of hydrogen-bond acceptors (Lipinski definition) is 3. The molecule has 0 N–H and O–H groups in total. The van der Waals surface area contributed by atoms with Crippen LogP contribution in [0.4, 0.5) is 0 Å². The third-order valence-electron chi connectivity index (χ3n) is 6.65. The van der Waals surface area contributed by atoms with Gasteiger partial charge >= 0.3 is 0 Å². The molecule has 6 heteroatoms. The number of nitrogens with zero attached hydrogens (tertiary/aromatic N) is 2. The molecule has 1 aliphatic heterocycles. The molecular formula is C29H28N2O3S. The molecule has 0 saturated heterocycles. The third kappa shape index (κ3) is 5.14. The number of hydrogen-bond donors (Lipinski definition) is 0. The van der Waals surface area contributed by atoms with Crippen LogP contribution in [-0.4, -0.2) is 43.2 Å². The summed E-state index contributed by atoms with van der Waals surface area (Å²) in [5.41, 5.74) is 3.41. The lowest BCUT2D eigenvalue weighted by Crippen LogP contribution is -2.45. The zero-order valence-electron chi connectivity index (χ0n) is 19.5. The molecule has 0 saturated carbocycles. The molecule has 5 rings (SSSR count). The van der Waals surface area contributed by atoms with E-state index in [9.17, 15) is 13.2 Å². The molecule has 0 aliphatic carbocycles. The van der Waals surface area contributed by atoms with Gasteiger partial charge in [-0.05, 0) is 52.4 Å². The van der Waals surface area contributed by atoms with Gasteiger partial charge in [0, 0.05) is 19.6 Å². The second-order valence-corrected chi connectivity index (χ2v) is 10.9. The van der Waals surface area contributed by atoms with Gasteiger partial charge in [-0.1, -0.05) is 84.9 Å². The predicted octanol–water partition coefficient (Wildman–Crippen LogP) is 4.66. The van der Waals surface area contributed by atoms with E-state index in [4.69, 9.17) is 0 Å². The van der Waals surface area contributed by atoms with E-state index in [1.54, 1.807) is 17.0 Å². The van der Waals surface area contributed by atoms with Crippen LogP contribution < -0.4 is 0 Å². The van der Waals surface area contributed by atoms with E-state index in [0.29, 0.717) is 19.5 Å². The number of sulfonamides is 1. The Morgan fingerprint density at radius 2 is 1.49 bits per heavy atom. The van der Waals surface area contributed by atoms with Gasteiger partial charge in [-0.2, -0.15) is 4.31 Å². The fourth-order valence-electron chi connectivity index (χ4n) is 4.62. The van der Waals surface area contributed by atoms with E-state index in [-0.39, 0.29) is 23.9 Å². The van der Waals surface area contributed by atoms with E-state index in [0.717, 1.165) is 28.3 Å². The Hall–Kier alpha value is -3.48. The van der Waals surface area contributed by atoms with Gasteiger partial charge in [0.2, 0.25) is 15.9 Å². The summed E-state index contributed by atoms with van der Waals surface area (Å²) in [6, 6.07) is 30.7. The predicted molar refractivity (Wildman–Crippen MR) is 138 cm³/mol. The molecule has 0 bridgehead atoms. The highest BCUT2D eigenvalue weighted by Crippen LogP contribution is 2.24. The van der Waals surface area contributed by atoms with Crippen molar-refractivity contribution in [2.24, 2.45) is 0 Å². The monoisotopic (exact) mass is 484 g/mol. The first-order valence-electron chi connectivity index (χ1n) is 11.9. The fourth-order valence-corrected chi connectivity index (χ4v) is 6.05. The molecule has 5 nitrogen and oxygen atoms in total. The molecule has 0 radical (unpaired) electrons. The minimum atomic E-state index is -3.87. The number of fused-ring (bicyclic) bond motifs is 2. The summed E-state index contributed by atoms with van der Waals surface area (Å²) in [5, 5.41) is 1.83. The van der Waals surface area contributed by atoms with Crippen molar-refractivity contribution >= 4 is 26.7 Å². The summed E-state index contributed by atoms with van der Waals surface area (Å²) in [5.74, 6) is -0.170. The van der Waals surface area contributed by atoms with Crippen molar-refractivity contribution in [3.8, 4) is 0 Å². The Balaban J connectivity index is 1.41. The maximum absolute atomic E-state index is 13.8. The Kier molecular flexibility index (Phi) is 6.66. The lowest BCUT2D eigenvalue weighted by molar-refractivity contribution is -0.132. The van der Waals surface area contributed by atoms with Crippen molar-refractivity contribution in [2.75, 3.05) is 19.6 Å². The smallest absolute Gasteiger partial charge is 0.243 e. The second kappa shape index (κ2) is 10.0. The van der Waals surface area contributed by atoms with Gasteiger partial charge in [0.05, 0.1) is 11.4 Å². The molecule has 1 heterocycles. The second-order valence-electron chi connectivity index (χ2n) is 8.92. The Morgan fingerprint density at radius 3 is 2.29 bits per heavy atom. The number of rotatable bonds is 7. The summed E-state index contributed by atoms with van der Waals surface area (Å²) in [6.07, 6.45) is 1.31. The number of carbonyl (C=O) groups is 1. The van der Waals surface area contributed by atoms with Crippen LogP contribution in [0.25, 0.3) is 10.8 Å². The van der Waals surface area contributed by atoms with E-state index < -0.39 is 10.0 Å². The van der Waals surface area contributed by atoms with Crippen LogP contribution in [0.15, 0.2) is 102 Å². The van der Waals surface area contributed by atoms with Crippen LogP contribution in [-0.2, 0) is 34.2 Å². The third-order valence-corrected chi connectivity index (χ3v) is 8.49. The van der Waals surface area contributed by atoms with E-state index in [2.05, 4.69) is 6.07 Å². The minimum absolute atomic E-state index is 0.170. The van der Waals surface area contributed by atoms with Crippen LogP contribution in [0.2, 0.25) is 0 Å². The van der Waals surface area contributed by atoms with Gasteiger partial charge in [0.25, 0.3) is 0 Å². The molecule has 178 valence electrons. The largest absolute Gasteiger partial charge is 0.337 e. The lowest BCUT2D eigenvalue weighted by Gasteiger charge is -2.31. The minimum Gasteiger partial charge on any atom is -0.337 e. The average molecular weight is 485 g/mol. The van der Waals surface area contributed by atoms with Gasteiger partial charge < -0.3 is 4.90 Å². The van der Waals surface area contributed by atoms with Crippen LogP contribution in [0.5, 0.6) is 0 Å². The van der Waals surface area contributed by atoms with Crippen molar-refractivity contribution in [2.45, 2.75) is 24.3 Å². The standard InChI is InChI=1S/C29H28N2O3S/c32-29(30-18-17-25-11-5-7-13-27(25)21-30)22-31(19-16-23-8-2-1-3-9-23)35(33,34)28-15-14-24-10-4-6-12-26(24)20-28/h1-15,20H,16-19,21-22H2. The first-order valence-corrected chi connectivity index (χ1v) is 13.3. The molecule has 0 atom stereocenters. The van der Waals surface area contributed by atoms with Crippen molar-refractivity contribution in [3.05, 3.63) is 114 Å². The number of amides is 1. The highest BCUT2D eigenvalue weighted by molar-refractivity contribution is 7.89. The van der Waals surface area contributed by atoms with Crippen LogP contribution >= 0.6 is 0 Å². The van der Waals surface area contributed by atoms with E-state index >= 15 is 0 Å². The first kappa shape index (κ1) is 23.3. The van der Waals surface area contributed by atoms with Gasteiger partial charge in [-0.3, -0.25) is 4.79 Å². The molecule has 0 unspecified atom stereocenters. The Labute approximate surface area is 206 Å². The van der Waals surface area contributed by atoms with E-state index in [1.165, 1.54) is 9.87 Å². The van der Waals surface area contributed by atoms with Gasteiger partial charge in [-0.15, -0.1) is 0 Å². The van der Waals surface area contributed by atoms with Crippen molar-refractivity contribution in [1.29, 1.82) is 0 Å². The van der Waals surface area contributed by atoms with Crippen LogP contribution in [0, 0.1) is 0 Å². The summed E-state index contributed by atoms with van der Waals surface area (Å²) < 4.78 is 28.9. The molecule has 4 aromatic rings. The van der Waals surface area contributed by atoms with Crippen LogP contribution in [0.1, 0.15) is 16.7 Å². The average Bonchev–Trinajstić information content (AvgIpc) is 2.90. The molecule has 1 aliphatic rings. The summed E-state index contributed by atoms with van der Waals surface area (Å²) in [4.78, 5) is 15.3. The van der Waals surface area contributed by atoms with Gasteiger partial charge in [0.1, 0.15) is 0 Å². The molecule has 0 fully saturated rings. The normalized spacial score (nSPS) is 13.7. The topological polar surface area (TPSA) is 57.7 Å². The lowest BCUT2D eigenvalue weighted by atomic mass is 10.00. The van der Waals surface area contributed by atoms with Crippen molar-refractivity contribution in [1.82, 2.24) is 9.21 Å². The zero-order valence-corrected chi connectivity index (χ0v) is 20.3. The molecule has 1 amide bonds. The van der Waals surface area contributed by atoms with Gasteiger partial charge in [-0.25, -0.2) is 8.42 Å². The molecular weight excluding hydrogens is 456 g/mol. The highest BCUT2D eigenvalue weighted by Gasteiger charge is 2.29. The van der Waals surface area contributed by atoms with Crippen LogP contribution in [0.3, 0.4) is 0 Å². The summed E-state index contributed by atoms with van der Waals surface area (Å²) in [6.45, 7) is 1.16. The first-order chi connectivity index (χ1) is 17.0. The van der Waals surface area contributed by atoms with E-state index in [1.807, 2.05) is 78.9 Å². The quantitative estimate of drug-likeness (QED) is 0.383. The summed E-state index contributed by atoms with van der Waals surface area (Å²) >= 11 is 0. The molecule has 4 aromatic carbocycles. The fraction of sp³-hybridized carbons (Fsp3) is 0.207. The Bertz CT molecular complexity index is 1450. The zero-order chi connectivity index (χ0) is 24.3. The number of carbonyl (C=O) groups excluding carboxylic acids is 1. The van der Waals surface area contributed by atoms with Crippen molar-refractivity contribution < 1.29 is 13.2 Å². The maximum atomic E-state index is 13.8. The summed E-state index contributed by atoms with van der Waals surface area (Å²) in [7, 11) is -3.87. The van der Waals surface area contributed by atoms with Gasteiger partial charge in [0.15, 0.2) is 0 Å². The molecule has 0 spiro atoms. The SMILES string of the molecule is O=C(CN(CCc1ccccc1)S(=O)(=O)c1ccc2ccccc2c1)N1CCc2ccccc2C1. The highest BCUT2D eigenvalue weighted by atomic mass is 32.2. The maximum Gasteiger partial charge on any atom is 0.243 e. The molecule has 0 aromatic heterocycles.